The number of nitrogens with zero attached hydrogens (tertiary/aromatic N) is 1. The van der Waals surface area contributed by atoms with E-state index in [-0.39, 0.29) is 12.3 Å². The van der Waals surface area contributed by atoms with Crippen molar-refractivity contribution < 1.29 is 14.7 Å². The maximum absolute atomic E-state index is 11.7. The van der Waals surface area contributed by atoms with Gasteiger partial charge in [-0.05, 0) is 31.7 Å². The second-order valence-electron chi connectivity index (χ2n) is 4.69. The van der Waals surface area contributed by atoms with Crippen molar-refractivity contribution in [2.75, 3.05) is 6.54 Å². The molecule has 106 valence electrons. The topological polar surface area (TPSA) is 95.1 Å². The maximum Gasteiger partial charge on any atom is 0.303 e. The predicted octanol–water partition coefficient (Wildman–Crippen LogP) is 1.73. The van der Waals surface area contributed by atoms with Crippen LogP contribution in [0.2, 0.25) is 0 Å². The molecule has 0 aromatic carbocycles. The van der Waals surface area contributed by atoms with Crippen LogP contribution in [0.3, 0.4) is 0 Å². The molecule has 0 saturated carbocycles. The molecule has 0 aliphatic carbocycles. The summed E-state index contributed by atoms with van der Waals surface area (Å²) < 4.78 is 0. The van der Waals surface area contributed by atoms with Crippen LogP contribution in [-0.4, -0.2) is 33.7 Å². The monoisotopic (exact) mass is 267 g/mol. The molecule has 6 heteroatoms. The summed E-state index contributed by atoms with van der Waals surface area (Å²) >= 11 is 0. The first-order valence-electron chi connectivity index (χ1n) is 6.55. The van der Waals surface area contributed by atoms with Gasteiger partial charge in [0.2, 0.25) is 0 Å². The highest BCUT2D eigenvalue weighted by Gasteiger charge is 2.11. The lowest BCUT2D eigenvalue weighted by molar-refractivity contribution is -0.137. The van der Waals surface area contributed by atoms with Crippen LogP contribution in [0.4, 0.5) is 0 Å². The number of aryl methyl sites for hydroxylation is 1. The fraction of sp³-hybridized carbons (Fsp3) is 0.615. The normalized spacial score (nSPS) is 12.1. The smallest absolute Gasteiger partial charge is 0.303 e. The van der Waals surface area contributed by atoms with Gasteiger partial charge in [0.25, 0.3) is 5.91 Å². The molecule has 1 heterocycles. The van der Waals surface area contributed by atoms with E-state index in [4.69, 9.17) is 5.11 Å². The molecule has 1 unspecified atom stereocenters. The number of aromatic nitrogens is 2. The number of carboxylic acid groups (broad SMARTS) is 1. The highest BCUT2D eigenvalue weighted by Crippen LogP contribution is 2.14. The molecule has 19 heavy (non-hydrogen) atoms. The van der Waals surface area contributed by atoms with Crippen LogP contribution in [0.5, 0.6) is 0 Å². The number of hydrogen-bond donors (Lipinski definition) is 3. The fourth-order valence-electron chi connectivity index (χ4n) is 1.89. The van der Waals surface area contributed by atoms with Crippen molar-refractivity contribution in [1.82, 2.24) is 15.5 Å². The molecular formula is C13H21N3O3. The summed E-state index contributed by atoms with van der Waals surface area (Å²) in [5.74, 6) is -0.635. The third-order valence-electron chi connectivity index (χ3n) is 3.12. The van der Waals surface area contributed by atoms with Crippen LogP contribution in [-0.2, 0) is 4.79 Å². The number of carbonyl (C=O) groups excluding carboxylic acids is 1. The van der Waals surface area contributed by atoms with E-state index in [2.05, 4.69) is 15.5 Å². The van der Waals surface area contributed by atoms with Gasteiger partial charge in [0, 0.05) is 18.7 Å². The minimum atomic E-state index is -0.769. The molecule has 1 rings (SSSR count). The first kappa shape index (κ1) is 15.2. The number of rotatable bonds is 8. The molecule has 1 aromatic heterocycles. The predicted molar refractivity (Wildman–Crippen MR) is 70.9 cm³/mol. The summed E-state index contributed by atoms with van der Waals surface area (Å²) in [5, 5.41) is 18.0. The third-order valence-corrected chi connectivity index (χ3v) is 3.12. The zero-order valence-corrected chi connectivity index (χ0v) is 11.4. The van der Waals surface area contributed by atoms with E-state index >= 15 is 0 Å². The second-order valence-corrected chi connectivity index (χ2v) is 4.69. The van der Waals surface area contributed by atoms with E-state index in [1.165, 1.54) is 0 Å². The fourth-order valence-corrected chi connectivity index (χ4v) is 1.89. The van der Waals surface area contributed by atoms with Crippen LogP contribution in [0.1, 0.15) is 48.8 Å². The number of aromatic amines is 1. The molecule has 0 spiro atoms. The molecule has 0 saturated heterocycles. The minimum Gasteiger partial charge on any atom is -0.481 e. The molecule has 0 aliphatic heterocycles. The first-order valence-corrected chi connectivity index (χ1v) is 6.55. The number of carboxylic acids is 1. The number of nitrogens with one attached hydrogen (secondary N) is 2. The molecule has 6 nitrogen and oxygen atoms in total. The summed E-state index contributed by atoms with van der Waals surface area (Å²) in [7, 11) is 0. The van der Waals surface area contributed by atoms with Gasteiger partial charge in [0.15, 0.2) is 0 Å². The summed E-state index contributed by atoms with van der Waals surface area (Å²) in [6, 6.07) is 1.69. The van der Waals surface area contributed by atoms with Gasteiger partial charge in [0.1, 0.15) is 5.69 Å². The van der Waals surface area contributed by atoms with Gasteiger partial charge in [-0.2, -0.15) is 5.10 Å². The molecule has 1 atom stereocenters. The molecule has 0 fully saturated rings. The van der Waals surface area contributed by atoms with E-state index in [1.807, 2.05) is 13.8 Å². The minimum absolute atomic E-state index is 0.186. The highest BCUT2D eigenvalue weighted by atomic mass is 16.4. The largest absolute Gasteiger partial charge is 0.481 e. The van der Waals surface area contributed by atoms with Crippen molar-refractivity contribution in [3.05, 3.63) is 17.5 Å². The Labute approximate surface area is 112 Å². The average Bonchev–Trinajstić information content (AvgIpc) is 2.79. The van der Waals surface area contributed by atoms with Crippen molar-refractivity contribution in [1.29, 1.82) is 0 Å². The maximum atomic E-state index is 11.7. The van der Waals surface area contributed by atoms with E-state index in [9.17, 15) is 9.59 Å². The number of amides is 1. The van der Waals surface area contributed by atoms with Gasteiger partial charge in [-0.3, -0.25) is 14.7 Å². The Morgan fingerprint density at radius 3 is 2.74 bits per heavy atom. The zero-order chi connectivity index (χ0) is 14.3. The molecule has 3 N–H and O–H groups in total. The van der Waals surface area contributed by atoms with E-state index < -0.39 is 5.97 Å². The second kappa shape index (κ2) is 7.56. The van der Waals surface area contributed by atoms with Crippen LogP contribution < -0.4 is 5.32 Å². The Hall–Kier alpha value is -1.85. The lowest BCUT2D eigenvalue weighted by atomic mass is 9.96. The summed E-state index contributed by atoms with van der Waals surface area (Å²) in [4.78, 5) is 22.2. The van der Waals surface area contributed by atoms with E-state index in [0.29, 0.717) is 24.6 Å². The van der Waals surface area contributed by atoms with Crippen molar-refractivity contribution in [3.63, 3.8) is 0 Å². The zero-order valence-electron chi connectivity index (χ0n) is 11.4. The summed E-state index contributed by atoms with van der Waals surface area (Å²) in [6.07, 6.45) is 2.55. The van der Waals surface area contributed by atoms with Crippen LogP contribution in [0, 0.1) is 12.8 Å². The van der Waals surface area contributed by atoms with Crippen LogP contribution in [0.25, 0.3) is 0 Å². The number of hydrogen-bond acceptors (Lipinski definition) is 3. The lowest BCUT2D eigenvalue weighted by Gasteiger charge is -2.13. The van der Waals surface area contributed by atoms with Crippen molar-refractivity contribution >= 4 is 11.9 Å². The Morgan fingerprint density at radius 2 is 2.21 bits per heavy atom. The van der Waals surface area contributed by atoms with Crippen molar-refractivity contribution in [3.8, 4) is 0 Å². The highest BCUT2D eigenvalue weighted by molar-refractivity contribution is 5.92. The van der Waals surface area contributed by atoms with Crippen LogP contribution in [0.15, 0.2) is 6.07 Å². The van der Waals surface area contributed by atoms with Gasteiger partial charge in [-0.15, -0.1) is 0 Å². The SMILES string of the molecule is CCC(CCNC(=O)c1cc(C)[nH]n1)CCC(=O)O. The average molecular weight is 267 g/mol. The van der Waals surface area contributed by atoms with Gasteiger partial charge in [0.05, 0.1) is 0 Å². The summed E-state index contributed by atoms with van der Waals surface area (Å²) in [6.45, 7) is 4.41. The first-order chi connectivity index (χ1) is 9.02. The lowest BCUT2D eigenvalue weighted by Crippen LogP contribution is -2.26. The Morgan fingerprint density at radius 1 is 1.47 bits per heavy atom. The molecule has 0 bridgehead atoms. The van der Waals surface area contributed by atoms with Crippen LogP contribution >= 0.6 is 0 Å². The van der Waals surface area contributed by atoms with E-state index in [1.54, 1.807) is 6.07 Å². The Kier molecular flexibility index (Phi) is 6.05. The molecule has 1 aromatic rings. The van der Waals surface area contributed by atoms with E-state index in [0.717, 1.165) is 18.5 Å². The summed E-state index contributed by atoms with van der Waals surface area (Å²) in [5.41, 5.74) is 1.23. The van der Waals surface area contributed by atoms with Gasteiger partial charge < -0.3 is 10.4 Å². The molecular weight excluding hydrogens is 246 g/mol. The molecule has 1 amide bonds. The number of carbonyl (C=O) groups is 2. The van der Waals surface area contributed by atoms with Crippen molar-refractivity contribution in [2.24, 2.45) is 5.92 Å². The molecule has 0 radical (unpaired) electrons. The number of H-pyrrole nitrogens is 1. The molecule has 0 aliphatic rings. The Bertz CT molecular complexity index is 429. The quantitative estimate of drug-likeness (QED) is 0.668. The Balaban J connectivity index is 2.28. The third kappa shape index (κ3) is 5.54. The van der Waals surface area contributed by atoms with Gasteiger partial charge >= 0.3 is 5.97 Å². The van der Waals surface area contributed by atoms with Gasteiger partial charge in [-0.25, -0.2) is 0 Å². The standard InChI is InChI=1S/C13H21N3O3/c1-3-10(4-5-12(17)18)6-7-14-13(19)11-8-9(2)15-16-11/h8,10H,3-7H2,1-2H3,(H,14,19)(H,15,16)(H,17,18). The number of aliphatic carboxylic acids is 1. The van der Waals surface area contributed by atoms with Gasteiger partial charge in [-0.1, -0.05) is 13.3 Å². The van der Waals surface area contributed by atoms with Crippen molar-refractivity contribution in [2.45, 2.75) is 39.5 Å².